The number of phenolic OH excluding ortho intramolecular Hbond substituents is 1. The van der Waals surface area contributed by atoms with Crippen LogP contribution in [-0.2, 0) is 16.0 Å². The van der Waals surface area contributed by atoms with Crippen LogP contribution in [0.1, 0.15) is 49.7 Å². The first kappa shape index (κ1) is 14.3. The molecule has 1 aromatic carbocycles. The summed E-state index contributed by atoms with van der Waals surface area (Å²) >= 11 is 0. The summed E-state index contributed by atoms with van der Waals surface area (Å²) in [4.78, 5) is 12.4. The van der Waals surface area contributed by atoms with Crippen molar-refractivity contribution < 1.29 is 14.6 Å². The van der Waals surface area contributed by atoms with E-state index in [1.165, 1.54) is 11.1 Å². The molecule has 2 fully saturated rings. The van der Waals surface area contributed by atoms with Gasteiger partial charge in [0, 0.05) is 18.9 Å². The predicted molar refractivity (Wildman–Crippen MR) is 83.9 cm³/mol. The van der Waals surface area contributed by atoms with E-state index in [0.29, 0.717) is 35.7 Å². The lowest BCUT2D eigenvalue weighted by atomic mass is 9.55. The molecule has 3 aliphatic carbocycles. The number of rotatable bonds is 1. The molecule has 0 radical (unpaired) electrons. The fourth-order valence-electron chi connectivity index (χ4n) is 5.72. The first-order valence-electron chi connectivity index (χ1n) is 8.42. The standard InChI is InChI=1S/C19H24O3/c1-19-8-7-14-13-6-4-12(20)9-11(13)3-5-15(14)16(19)10-17(21)18(19)22-2/h4,6,9,14-16,18,20H,3,5,7-8,10H2,1-2H3/t14-,15-,16+,18+,19+/m1/s1. The summed E-state index contributed by atoms with van der Waals surface area (Å²) in [6.07, 6.45) is 4.81. The van der Waals surface area contributed by atoms with Gasteiger partial charge in [0.05, 0.1) is 0 Å². The molecule has 1 N–H and O–H groups in total. The molecule has 4 rings (SSSR count). The minimum Gasteiger partial charge on any atom is -0.508 e. The van der Waals surface area contributed by atoms with Crippen molar-refractivity contribution in [3.63, 3.8) is 0 Å². The number of phenols is 1. The Balaban J connectivity index is 1.71. The summed E-state index contributed by atoms with van der Waals surface area (Å²) in [5, 5.41) is 9.72. The average molecular weight is 300 g/mol. The summed E-state index contributed by atoms with van der Waals surface area (Å²) in [7, 11) is 1.68. The maximum Gasteiger partial charge on any atom is 0.162 e. The highest BCUT2D eigenvalue weighted by atomic mass is 16.5. The van der Waals surface area contributed by atoms with Crippen LogP contribution < -0.4 is 0 Å². The van der Waals surface area contributed by atoms with E-state index in [-0.39, 0.29) is 11.5 Å². The highest BCUT2D eigenvalue weighted by Gasteiger charge is 2.58. The zero-order chi connectivity index (χ0) is 15.5. The molecule has 5 atom stereocenters. The van der Waals surface area contributed by atoms with Crippen LogP contribution in [0.3, 0.4) is 0 Å². The van der Waals surface area contributed by atoms with E-state index >= 15 is 0 Å². The van der Waals surface area contributed by atoms with Crippen LogP contribution in [0.5, 0.6) is 5.75 Å². The molecule has 0 heterocycles. The zero-order valence-corrected chi connectivity index (χ0v) is 13.3. The number of aromatic hydroxyl groups is 1. The predicted octanol–water partition coefficient (Wildman–Crippen LogP) is 3.44. The first-order valence-corrected chi connectivity index (χ1v) is 8.42. The average Bonchev–Trinajstić information content (AvgIpc) is 2.76. The van der Waals surface area contributed by atoms with E-state index in [1.807, 2.05) is 12.1 Å². The normalized spacial score (nSPS) is 40.0. The SMILES string of the molecule is CO[C@H]1C(=O)C[C@H]2[C@@H]3CCc4cc(O)ccc4[C@H]3CC[C@]12C. The van der Waals surface area contributed by atoms with Crippen molar-refractivity contribution in [3.05, 3.63) is 29.3 Å². The van der Waals surface area contributed by atoms with Gasteiger partial charge in [0.2, 0.25) is 0 Å². The van der Waals surface area contributed by atoms with Gasteiger partial charge in [-0.05, 0) is 66.7 Å². The Morgan fingerprint density at radius 2 is 2.14 bits per heavy atom. The van der Waals surface area contributed by atoms with Crippen LogP contribution in [0.25, 0.3) is 0 Å². The Hall–Kier alpha value is -1.35. The summed E-state index contributed by atoms with van der Waals surface area (Å²) in [5.41, 5.74) is 2.73. The topological polar surface area (TPSA) is 46.5 Å². The lowest BCUT2D eigenvalue weighted by Crippen LogP contribution is -2.45. The lowest BCUT2D eigenvalue weighted by molar-refractivity contribution is -0.130. The molecule has 3 aliphatic rings. The van der Waals surface area contributed by atoms with Gasteiger partial charge < -0.3 is 9.84 Å². The molecular weight excluding hydrogens is 276 g/mol. The molecule has 22 heavy (non-hydrogen) atoms. The molecular formula is C19H24O3. The molecule has 0 aromatic heterocycles. The highest BCUT2D eigenvalue weighted by Crippen LogP contribution is 2.60. The summed E-state index contributed by atoms with van der Waals surface area (Å²) in [6.45, 7) is 2.26. The van der Waals surface area contributed by atoms with E-state index in [4.69, 9.17) is 4.74 Å². The van der Waals surface area contributed by atoms with Crippen LogP contribution in [0, 0.1) is 17.3 Å². The number of aryl methyl sites for hydroxylation is 1. The van der Waals surface area contributed by atoms with Crippen LogP contribution in [0.15, 0.2) is 18.2 Å². The molecule has 0 spiro atoms. The zero-order valence-electron chi connectivity index (χ0n) is 13.3. The number of benzene rings is 1. The third-order valence-corrected chi connectivity index (χ3v) is 6.70. The third-order valence-electron chi connectivity index (χ3n) is 6.70. The number of Topliss-reactive ketones (excluding diaryl/α,β-unsaturated/α-hetero) is 1. The molecule has 0 unspecified atom stereocenters. The van der Waals surface area contributed by atoms with Crippen LogP contribution in [-0.4, -0.2) is 24.1 Å². The molecule has 118 valence electrons. The van der Waals surface area contributed by atoms with Gasteiger partial charge in [-0.3, -0.25) is 4.79 Å². The number of methoxy groups -OCH3 is 1. The Labute approximate surface area is 131 Å². The van der Waals surface area contributed by atoms with Gasteiger partial charge in [0.1, 0.15) is 11.9 Å². The van der Waals surface area contributed by atoms with Crippen LogP contribution in [0.4, 0.5) is 0 Å². The van der Waals surface area contributed by atoms with Gasteiger partial charge >= 0.3 is 0 Å². The van der Waals surface area contributed by atoms with Gasteiger partial charge in [-0.15, -0.1) is 0 Å². The van der Waals surface area contributed by atoms with Crippen molar-refractivity contribution in [1.82, 2.24) is 0 Å². The van der Waals surface area contributed by atoms with Crippen molar-refractivity contribution in [2.24, 2.45) is 17.3 Å². The van der Waals surface area contributed by atoms with Gasteiger partial charge in [-0.25, -0.2) is 0 Å². The molecule has 1 aromatic rings. The quantitative estimate of drug-likeness (QED) is 0.864. The van der Waals surface area contributed by atoms with Crippen LogP contribution in [0.2, 0.25) is 0 Å². The minimum atomic E-state index is -0.209. The van der Waals surface area contributed by atoms with E-state index in [9.17, 15) is 9.90 Å². The second-order valence-electron chi connectivity index (χ2n) is 7.63. The number of ether oxygens (including phenoxy) is 1. The van der Waals surface area contributed by atoms with Gasteiger partial charge in [0.25, 0.3) is 0 Å². The molecule has 3 heteroatoms. The smallest absolute Gasteiger partial charge is 0.162 e. The molecule has 0 bridgehead atoms. The molecule has 0 amide bonds. The Morgan fingerprint density at radius 3 is 2.91 bits per heavy atom. The summed E-state index contributed by atoms with van der Waals surface area (Å²) in [5.74, 6) is 2.25. The first-order chi connectivity index (χ1) is 10.5. The number of hydrogen-bond acceptors (Lipinski definition) is 3. The van der Waals surface area contributed by atoms with E-state index in [1.54, 1.807) is 7.11 Å². The fraction of sp³-hybridized carbons (Fsp3) is 0.632. The third kappa shape index (κ3) is 1.81. The van der Waals surface area contributed by atoms with E-state index < -0.39 is 0 Å². The Bertz CT molecular complexity index is 623. The van der Waals surface area contributed by atoms with Crippen molar-refractivity contribution in [1.29, 1.82) is 0 Å². The van der Waals surface area contributed by atoms with Gasteiger partial charge in [-0.1, -0.05) is 13.0 Å². The molecule has 2 saturated carbocycles. The maximum atomic E-state index is 12.4. The summed E-state index contributed by atoms with van der Waals surface area (Å²) < 4.78 is 5.58. The Kier molecular flexibility index (Phi) is 3.12. The second-order valence-corrected chi connectivity index (χ2v) is 7.63. The number of ketones is 1. The number of carbonyl (C=O) groups excluding carboxylic acids is 1. The number of hydrogen-bond donors (Lipinski definition) is 1. The summed E-state index contributed by atoms with van der Waals surface area (Å²) in [6, 6.07) is 5.85. The van der Waals surface area contributed by atoms with Crippen molar-refractivity contribution in [3.8, 4) is 5.75 Å². The molecule has 0 aliphatic heterocycles. The molecule has 3 nitrogen and oxygen atoms in total. The minimum absolute atomic E-state index is 0.0153. The molecule has 0 saturated heterocycles. The van der Waals surface area contributed by atoms with Crippen molar-refractivity contribution in [2.45, 2.75) is 51.0 Å². The lowest BCUT2D eigenvalue weighted by Gasteiger charge is -2.49. The Morgan fingerprint density at radius 1 is 1.32 bits per heavy atom. The number of carbonyl (C=O) groups is 1. The number of fused-ring (bicyclic) bond motifs is 5. The van der Waals surface area contributed by atoms with E-state index in [0.717, 1.165) is 25.7 Å². The highest BCUT2D eigenvalue weighted by molar-refractivity contribution is 5.87. The van der Waals surface area contributed by atoms with Gasteiger partial charge in [-0.2, -0.15) is 0 Å². The largest absolute Gasteiger partial charge is 0.508 e. The second kappa shape index (κ2) is 4.82. The fourth-order valence-corrected chi connectivity index (χ4v) is 5.72. The van der Waals surface area contributed by atoms with Crippen LogP contribution >= 0.6 is 0 Å². The van der Waals surface area contributed by atoms with Gasteiger partial charge in [0.15, 0.2) is 5.78 Å². The van der Waals surface area contributed by atoms with Crippen molar-refractivity contribution in [2.75, 3.05) is 7.11 Å². The van der Waals surface area contributed by atoms with E-state index in [2.05, 4.69) is 13.0 Å². The van der Waals surface area contributed by atoms with Crippen molar-refractivity contribution >= 4 is 5.78 Å². The maximum absolute atomic E-state index is 12.4. The monoisotopic (exact) mass is 300 g/mol.